The summed E-state index contributed by atoms with van der Waals surface area (Å²) in [5.41, 5.74) is 3.14. The minimum Gasteiger partial charge on any atom is -0.494 e. The van der Waals surface area contributed by atoms with Gasteiger partial charge in [-0.25, -0.2) is 0 Å². The van der Waals surface area contributed by atoms with E-state index in [1.54, 1.807) is 0 Å². The van der Waals surface area contributed by atoms with Gasteiger partial charge in [-0.05, 0) is 68.0 Å². The first-order chi connectivity index (χ1) is 17.1. The van der Waals surface area contributed by atoms with E-state index in [4.69, 9.17) is 25.8 Å². The lowest BCUT2D eigenvalue weighted by atomic mass is 9.95. The molecule has 0 radical (unpaired) electrons. The maximum atomic E-state index is 12.2. The van der Waals surface area contributed by atoms with Crippen LogP contribution in [0.15, 0.2) is 42.5 Å². The highest BCUT2D eigenvalue weighted by molar-refractivity contribution is 6.33. The van der Waals surface area contributed by atoms with Crippen LogP contribution in [0, 0.1) is 0 Å². The van der Waals surface area contributed by atoms with Crippen LogP contribution in [0.5, 0.6) is 5.75 Å². The van der Waals surface area contributed by atoms with Crippen LogP contribution >= 0.6 is 11.6 Å². The molecule has 1 fully saturated rings. The second kappa shape index (κ2) is 15.2. The number of ether oxygens (including phenoxy) is 3. The van der Waals surface area contributed by atoms with E-state index in [9.17, 15) is 4.79 Å². The molecule has 1 heterocycles. The zero-order valence-corrected chi connectivity index (χ0v) is 22.2. The fraction of sp³-hybridized carbons (Fsp3) is 0.567. The fourth-order valence-corrected chi connectivity index (χ4v) is 4.84. The number of hydrogen-bond acceptors (Lipinski definition) is 4. The SMILES string of the molecule is CCCCCCCCCC(=O)OC[C@H]1CCC[C@H](c2ccc(Cl)c(-c3ccc(OCC)cc3)c2)O1. The molecule has 1 saturated heterocycles. The average Bonchev–Trinajstić information content (AvgIpc) is 2.88. The van der Waals surface area contributed by atoms with Crippen LogP contribution in [-0.2, 0) is 14.3 Å². The summed E-state index contributed by atoms with van der Waals surface area (Å²) < 4.78 is 17.5. The predicted octanol–water partition coefficient (Wildman–Crippen LogP) is 8.70. The summed E-state index contributed by atoms with van der Waals surface area (Å²) in [5.74, 6) is 0.747. The Kier molecular flexibility index (Phi) is 11.9. The number of carbonyl (C=O) groups excluding carboxylic acids is 1. The molecule has 4 nitrogen and oxygen atoms in total. The third kappa shape index (κ3) is 9.16. The van der Waals surface area contributed by atoms with Gasteiger partial charge in [0.05, 0.1) is 18.8 Å². The molecule has 0 amide bonds. The zero-order chi connectivity index (χ0) is 24.9. The lowest BCUT2D eigenvalue weighted by Gasteiger charge is -2.30. The maximum absolute atomic E-state index is 12.2. The Morgan fingerprint density at radius 1 is 0.971 bits per heavy atom. The van der Waals surface area contributed by atoms with Crippen molar-refractivity contribution in [3.05, 3.63) is 53.1 Å². The first-order valence-corrected chi connectivity index (χ1v) is 13.8. The van der Waals surface area contributed by atoms with E-state index < -0.39 is 0 Å². The number of rotatable bonds is 14. The predicted molar refractivity (Wildman–Crippen MR) is 143 cm³/mol. The van der Waals surface area contributed by atoms with Gasteiger partial charge in [0.2, 0.25) is 0 Å². The quantitative estimate of drug-likeness (QED) is 0.192. The van der Waals surface area contributed by atoms with E-state index >= 15 is 0 Å². The van der Waals surface area contributed by atoms with E-state index in [1.165, 1.54) is 32.1 Å². The minimum atomic E-state index is -0.103. The highest BCUT2D eigenvalue weighted by Gasteiger charge is 2.25. The lowest BCUT2D eigenvalue weighted by Crippen LogP contribution is -2.28. The number of benzene rings is 2. The minimum absolute atomic E-state index is 0.0192. The number of halogens is 1. The normalized spacial score (nSPS) is 17.8. The molecule has 2 aromatic rings. The van der Waals surface area contributed by atoms with Crippen molar-refractivity contribution in [1.29, 1.82) is 0 Å². The molecule has 0 N–H and O–H groups in total. The second-order valence-electron chi connectivity index (χ2n) is 9.43. The molecule has 2 atom stereocenters. The van der Waals surface area contributed by atoms with Gasteiger partial charge in [0.15, 0.2) is 0 Å². The Morgan fingerprint density at radius 2 is 1.71 bits per heavy atom. The molecular formula is C30H41ClO4. The van der Waals surface area contributed by atoms with Crippen molar-refractivity contribution < 1.29 is 19.0 Å². The molecule has 35 heavy (non-hydrogen) atoms. The van der Waals surface area contributed by atoms with Gasteiger partial charge >= 0.3 is 5.97 Å². The first kappa shape index (κ1) is 27.5. The Hall–Kier alpha value is -2.04. The molecule has 192 valence electrons. The smallest absolute Gasteiger partial charge is 0.305 e. The molecule has 0 saturated carbocycles. The molecular weight excluding hydrogens is 460 g/mol. The number of hydrogen-bond donors (Lipinski definition) is 0. The lowest BCUT2D eigenvalue weighted by molar-refractivity contribution is -0.152. The number of unbranched alkanes of at least 4 members (excludes halogenated alkanes) is 6. The van der Waals surface area contributed by atoms with Gasteiger partial charge in [-0.2, -0.15) is 0 Å². The standard InChI is InChI=1S/C30H41ClO4/c1-3-5-6-7-8-9-10-14-30(32)34-22-26-12-11-13-29(35-26)24-17-20-28(31)27(21-24)23-15-18-25(19-16-23)33-4-2/h15-21,26,29H,3-14,22H2,1-2H3/t26-,29-/m1/s1. The van der Waals surface area contributed by atoms with Crippen molar-refractivity contribution in [2.45, 2.75) is 96.7 Å². The zero-order valence-electron chi connectivity index (χ0n) is 21.4. The Bertz CT molecular complexity index is 896. The van der Waals surface area contributed by atoms with E-state index in [-0.39, 0.29) is 18.2 Å². The van der Waals surface area contributed by atoms with Crippen LogP contribution in [0.1, 0.15) is 96.1 Å². The van der Waals surface area contributed by atoms with Gasteiger partial charge in [-0.3, -0.25) is 4.79 Å². The molecule has 2 aromatic carbocycles. The van der Waals surface area contributed by atoms with Crippen molar-refractivity contribution in [3.8, 4) is 16.9 Å². The molecule has 0 spiro atoms. The van der Waals surface area contributed by atoms with Crippen LogP contribution < -0.4 is 4.74 Å². The third-order valence-electron chi connectivity index (χ3n) is 6.60. The molecule has 0 aliphatic carbocycles. The molecule has 1 aliphatic rings. The van der Waals surface area contributed by atoms with Gasteiger partial charge in [0.25, 0.3) is 0 Å². The van der Waals surface area contributed by atoms with Crippen molar-refractivity contribution in [3.63, 3.8) is 0 Å². The monoisotopic (exact) mass is 500 g/mol. The molecule has 0 unspecified atom stereocenters. The van der Waals surface area contributed by atoms with Crippen molar-refractivity contribution in [1.82, 2.24) is 0 Å². The van der Waals surface area contributed by atoms with Crippen LogP contribution in [0.25, 0.3) is 11.1 Å². The molecule has 5 heteroatoms. The largest absolute Gasteiger partial charge is 0.494 e. The Balaban J connectivity index is 1.48. The van der Waals surface area contributed by atoms with E-state index in [1.807, 2.05) is 43.3 Å². The fourth-order valence-electron chi connectivity index (χ4n) is 4.61. The van der Waals surface area contributed by atoms with Gasteiger partial charge < -0.3 is 14.2 Å². The van der Waals surface area contributed by atoms with E-state index in [0.29, 0.717) is 24.7 Å². The summed E-state index contributed by atoms with van der Waals surface area (Å²) in [6, 6.07) is 14.1. The van der Waals surface area contributed by atoms with Crippen LogP contribution in [0.3, 0.4) is 0 Å². The van der Waals surface area contributed by atoms with Crippen LogP contribution in [0.2, 0.25) is 5.02 Å². The Labute approximate surface area is 216 Å². The van der Waals surface area contributed by atoms with Crippen molar-refractivity contribution in [2.75, 3.05) is 13.2 Å². The second-order valence-corrected chi connectivity index (χ2v) is 9.84. The van der Waals surface area contributed by atoms with Crippen LogP contribution in [0.4, 0.5) is 0 Å². The molecule has 3 rings (SSSR count). The van der Waals surface area contributed by atoms with Gasteiger partial charge in [-0.1, -0.05) is 75.2 Å². The summed E-state index contributed by atoms with van der Waals surface area (Å²) in [4.78, 5) is 12.2. The molecule has 0 bridgehead atoms. The van der Waals surface area contributed by atoms with Crippen molar-refractivity contribution in [2.24, 2.45) is 0 Å². The van der Waals surface area contributed by atoms with Crippen molar-refractivity contribution >= 4 is 17.6 Å². The van der Waals surface area contributed by atoms with Gasteiger partial charge in [0, 0.05) is 17.0 Å². The summed E-state index contributed by atoms with van der Waals surface area (Å²) in [5, 5.41) is 0.713. The summed E-state index contributed by atoms with van der Waals surface area (Å²) >= 11 is 6.54. The summed E-state index contributed by atoms with van der Waals surface area (Å²) in [6.45, 7) is 5.18. The van der Waals surface area contributed by atoms with E-state index in [2.05, 4.69) is 13.0 Å². The topological polar surface area (TPSA) is 44.8 Å². The van der Waals surface area contributed by atoms with Gasteiger partial charge in [0.1, 0.15) is 12.4 Å². The highest BCUT2D eigenvalue weighted by Crippen LogP contribution is 2.36. The number of carbonyl (C=O) groups is 1. The number of esters is 1. The average molecular weight is 501 g/mol. The first-order valence-electron chi connectivity index (χ1n) is 13.4. The third-order valence-corrected chi connectivity index (χ3v) is 6.93. The summed E-state index contributed by atoms with van der Waals surface area (Å²) in [6.07, 6.45) is 11.7. The van der Waals surface area contributed by atoms with E-state index in [0.717, 1.165) is 54.5 Å². The maximum Gasteiger partial charge on any atom is 0.305 e. The highest BCUT2D eigenvalue weighted by atomic mass is 35.5. The molecule has 0 aromatic heterocycles. The Morgan fingerprint density at radius 3 is 2.46 bits per heavy atom. The van der Waals surface area contributed by atoms with Gasteiger partial charge in [-0.15, -0.1) is 0 Å². The van der Waals surface area contributed by atoms with Crippen LogP contribution in [-0.4, -0.2) is 25.3 Å². The summed E-state index contributed by atoms with van der Waals surface area (Å²) in [7, 11) is 0. The molecule has 1 aliphatic heterocycles.